The van der Waals surface area contributed by atoms with E-state index in [1.165, 1.54) is 0 Å². The normalized spacial score (nSPS) is 12.4. The van der Waals surface area contributed by atoms with Crippen LogP contribution in [0, 0.1) is 0 Å². The number of nitrogens with zero attached hydrogens (tertiary/aromatic N) is 4. The highest BCUT2D eigenvalue weighted by molar-refractivity contribution is 5.78. The second-order valence-corrected chi connectivity index (χ2v) is 5.58. The van der Waals surface area contributed by atoms with E-state index in [2.05, 4.69) is 42.3 Å². The molecule has 0 radical (unpaired) electrons. The summed E-state index contributed by atoms with van der Waals surface area (Å²) in [5, 5.41) is 4.64. The van der Waals surface area contributed by atoms with Crippen molar-refractivity contribution in [2.75, 3.05) is 5.73 Å². The Balaban J connectivity index is 2.73. The van der Waals surface area contributed by atoms with Crippen LogP contribution in [0.4, 0.5) is 5.95 Å². The van der Waals surface area contributed by atoms with Gasteiger partial charge in [0.25, 0.3) is 0 Å². The van der Waals surface area contributed by atoms with E-state index in [1.54, 1.807) is 0 Å². The Morgan fingerprint density at radius 1 is 1.10 bits per heavy atom. The molecular weight excluding hydrogens is 250 g/mol. The molecule has 5 nitrogen and oxygen atoms in total. The molecule has 0 atom stereocenters. The van der Waals surface area contributed by atoms with Gasteiger partial charge in [-0.15, -0.1) is 0 Å². The molecule has 2 heterocycles. The Morgan fingerprint density at radius 3 is 2.20 bits per heavy atom. The summed E-state index contributed by atoms with van der Waals surface area (Å²) in [5.41, 5.74) is 9.40. The minimum absolute atomic E-state index is 0.0378. The van der Waals surface area contributed by atoms with Crippen LogP contribution in [0.2, 0.25) is 0 Å². The van der Waals surface area contributed by atoms with E-state index in [-0.39, 0.29) is 5.54 Å². The van der Waals surface area contributed by atoms with Crippen molar-refractivity contribution in [3.05, 3.63) is 5.69 Å². The van der Waals surface area contributed by atoms with Gasteiger partial charge in [-0.25, -0.2) is 4.98 Å². The maximum atomic E-state index is 6.26. The summed E-state index contributed by atoms with van der Waals surface area (Å²) in [4.78, 5) is 4.62. The lowest BCUT2D eigenvalue weighted by molar-refractivity contribution is 0.259. The van der Waals surface area contributed by atoms with Gasteiger partial charge in [-0.3, -0.25) is 9.25 Å². The Kier molecular flexibility index (Phi) is 4.06. The zero-order chi connectivity index (χ0) is 14.9. The average molecular weight is 277 g/mol. The number of aryl methyl sites for hydroxylation is 2. The molecule has 112 valence electrons. The fourth-order valence-corrected chi connectivity index (χ4v) is 3.29. The molecule has 0 bridgehead atoms. The van der Waals surface area contributed by atoms with Crippen molar-refractivity contribution in [1.29, 1.82) is 0 Å². The minimum Gasteiger partial charge on any atom is -0.369 e. The molecule has 0 spiro atoms. The second-order valence-electron chi connectivity index (χ2n) is 5.58. The molecular formula is C15H27N5. The molecule has 2 aromatic rings. The molecule has 0 aliphatic rings. The lowest BCUT2D eigenvalue weighted by Gasteiger charge is -2.33. The zero-order valence-electron chi connectivity index (χ0n) is 13.4. The number of anilines is 1. The molecule has 2 N–H and O–H groups in total. The van der Waals surface area contributed by atoms with Gasteiger partial charge in [0.1, 0.15) is 5.52 Å². The van der Waals surface area contributed by atoms with Crippen molar-refractivity contribution < 1.29 is 0 Å². The number of hydrogen-bond acceptors (Lipinski definition) is 3. The molecule has 2 rings (SSSR count). The quantitative estimate of drug-likeness (QED) is 0.881. The van der Waals surface area contributed by atoms with Crippen molar-refractivity contribution in [2.45, 2.75) is 65.3 Å². The van der Waals surface area contributed by atoms with Gasteiger partial charge in [-0.2, -0.15) is 5.10 Å². The van der Waals surface area contributed by atoms with Crippen LogP contribution in [-0.2, 0) is 19.0 Å². The lowest BCUT2D eigenvalue weighted by atomic mass is 9.89. The number of nitrogens with two attached hydrogens (primary N) is 1. The summed E-state index contributed by atoms with van der Waals surface area (Å²) in [6, 6.07) is 0. The maximum Gasteiger partial charge on any atom is 0.203 e. The lowest BCUT2D eigenvalue weighted by Crippen LogP contribution is -2.33. The van der Waals surface area contributed by atoms with E-state index < -0.39 is 0 Å². The van der Waals surface area contributed by atoms with E-state index in [0.29, 0.717) is 5.95 Å². The average Bonchev–Trinajstić information content (AvgIpc) is 2.93. The van der Waals surface area contributed by atoms with E-state index in [1.807, 2.05) is 11.7 Å². The SMILES string of the molecule is CCCc1nn(C)c2c1nc(N)n2C(CC)(CC)CC. The highest BCUT2D eigenvalue weighted by Crippen LogP contribution is 2.36. The van der Waals surface area contributed by atoms with Crippen molar-refractivity contribution in [3.8, 4) is 0 Å². The van der Waals surface area contributed by atoms with Gasteiger partial charge in [0.05, 0.1) is 5.69 Å². The van der Waals surface area contributed by atoms with E-state index >= 15 is 0 Å². The summed E-state index contributed by atoms with van der Waals surface area (Å²) in [5.74, 6) is 0.621. The first-order valence-corrected chi connectivity index (χ1v) is 7.74. The Bertz CT molecular complexity index is 581. The molecule has 0 amide bonds. The number of nitrogen functional groups attached to an aromatic ring is 1. The van der Waals surface area contributed by atoms with Crippen molar-refractivity contribution in [3.63, 3.8) is 0 Å². The van der Waals surface area contributed by atoms with Gasteiger partial charge in [-0.05, 0) is 25.7 Å². The van der Waals surface area contributed by atoms with Crippen molar-refractivity contribution in [1.82, 2.24) is 19.3 Å². The molecule has 5 heteroatoms. The summed E-state index contributed by atoms with van der Waals surface area (Å²) in [6.45, 7) is 8.83. The Morgan fingerprint density at radius 2 is 1.70 bits per heavy atom. The summed E-state index contributed by atoms with van der Waals surface area (Å²) >= 11 is 0. The smallest absolute Gasteiger partial charge is 0.203 e. The van der Waals surface area contributed by atoms with E-state index in [4.69, 9.17) is 5.73 Å². The zero-order valence-corrected chi connectivity index (χ0v) is 13.4. The first kappa shape index (κ1) is 14.9. The topological polar surface area (TPSA) is 61.7 Å². The van der Waals surface area contributed by atoms with Crippen LogP contribution >= 0.6 is 0 Å². The second kappa shape index (κ2) is 5.46. The van der Waals surface area contributed by atoms with Gasteiger partial charge in [0, 0.05) is 12.6 Å². The van der Waals surface area contributed by atoms with Gasteiger partial charge in [0.2, 0.25) is 5.95 Å². The van der Waals surface area contributed by atoms with Gasteiger partial charge in [-0.1, -0.05) is 34.1 Å². The molecule has 0 aliphatic heterocycles. The standard InChI is InChI=1S/C15H27N5/c1-6-10-11-12-13(19(5)18-11)20(14(16)17-12)15(7-2,8-3)9-4/h6-10H2,1-5H3,(H2,16,17). The fraction of sp³-hybridized carbons (Fsp3) is 0.733. The Hall–Kier alpha value is -1.52. The molecule has 0 aromatic carbocycles. The van der Waals surface area contributed by atoms with Crippen LogP contribution in [0.5, 0.6) is 0 Å². The monoisotopic (exact) mass is 277 g/mol. The first-order chi connectivity index (χ1) is 9.54. The minimum atomic E-state index is 0.0378. The molecule has 0 saturated carbocycles. The highest BCUT2D eigenvalue weighted by atomic mass is 15.4. The maximum absolute atomic E-state index is 6.26. The van der Waals surface area contributed by atoms with Gasteiger partial charge in [0.15, 0.2) is 5.65 Å². The first-order valence-electron chi connectivity index (χ1n) is 7.74. The number of fused-ring (bicyclic) bond motifs is 1. The number of aromatic nitrogens is 4. The van der Waals surface area contributed by atoms with Gasteiger partial charge >= 0.3 is 0 Å². The molecule has 0 saturated heterocycles. The third kappa shape index (κ3) is 2.00. The van der Waals surface area contributed by atoms with E-state index in [0.717, 1.165) is 49.0 Å². The molecule has 0 unspecified atom stereocenters. The van der Waals surface area contributed by atoms with Crippen molar-refractivity contribution >= 4 is 17.1 Å². The Labute approximate surface area is 121 Å². The summed E-state index contributed by atoms with van der Waals surface area (Å²) in [6.07, 6.45) is 5.16. The molecule has 0 aliphatic carbocycles. The predicted molar refractivity (Wildman–Crippen MR) is 83.8 cm³/mol. The summed E-state index contributed by atoms with van der Waals surface area (Å²) < 4.78 is 4.16. The third-order valence-corrected chi connectivity index (χ3v) is 4.67. The van der Waals surface area contributed by atoms with Gasteiger partial charge < -0.3 is 5.73 Å². The largest absolute Gasteiger partial charge is 0.369 e. The molecule has 20 heavy (non-hydrogen) atoms. The van der Waals surface area contributed by atoms with Crippen molar-refractivity contribution in [2.24, 2.45) is 7.05 Å². The number of imidazole rings is 1. The van der Waals surface area contributed by atoms with E-state index in [9.17, 15) is 0 Å². The van der Waals surface area contributed by atoms with Crippen LogP contribution in [0.3, 0.4) is 0 Å². The number of hydrogen-bond donors (Lipinski definition) is 1. The number of rotatable bonds is 6. The molecule has 0 fully saturated rings. The van der Waals surface area contributed by atoms with Crippen LogP contribution in [0.25, 0.3) is 11.2 Å². The summed E-state index contributed by atoms with van der Waals surface area (Å²) in [7, 11) is 1.99. The van der Waals surface area contributed by atoms with Crippen LogP contribution in [0.15, 0.2) is 0 Å². The molecule has 2 aromatic heterocycles. The van der Waals surface area contributed by atoms with Crippen LogP contribution in [0.1, 0.15) is 59.1 Å². The third-order valence-electron chi connectivity index (χ3n) is 4.67. The van der Waals surface area contributed by atoms with Crippen LogP contribution in [-0.4, -0.2) is 19.3 Å². The van der Waals surface area contributed by atoms with Crippen LogP contribution < -0.4 is 5.73 Å². The fourth-order valence-electron chi connectivity index (χ4n) is 3.29. The highest BCUT2D eigenvalue weighted by Gasteiger charge is 2.32. The predicted octanol–water partition coefficient (Wildman–Crippen LogP) is 3.23.